The second-order valence-electron chi connectivity index (χ2n) is 10.7. The molecule has 0 radical (unpaired) electrons. The molecular formula is C23H34N2O3. The normalized spacial score (nSPS) is 44.7. The zero-order valence-electron chi connectivity index (χ0n) is 17.6. The summed E-state index contributed by atoms with van der Waals surface area (Å²) in [7, 11) is 0. The van der Waals surface area contributed by atoms with Gasteiger partial charge in [-0.05, 0) is 81.6 Å². The smallest absolute Gasteiger partial charge is 0.243 e. The number of rotatable bonds is 3. The Morgan fingerprint density at radius 3 is 2.64 bits per heavy atom. The molecule has 0 aromatic carbocycles. The molecule has 4 rings (SSSR count). The van der Waals surface area contributed by atoms with E-state index < -0.39 is 5.54 Å². The first-order chi connectivity index (χ1) is 13.1. The Kier molecular flexibility index (Phi) is 4.51. The van der Waals surface area contributed by atoms with Gasteiger partial charge in [0.1, 0.15) is 6.29 Å². The predicted molar refractivity (Wildman–Crippen MR) is 107 cm³/mol. The number of amides is 2. The molecule has 0 bridgehead atoms. The molecule has 2 amide bonds. The molecule has 4 aliphatic rings. The van der Waals surface area contributed by atoms with Crippen LogP contribution in [0.1, 0.15) is 66.2 Å². The van der Waals surface area contributed by atoms with Crippen LogP contribution in [0, 0.1) is 34.5 Å². The van der Waals surface area contributed by atoms with Crippen LogP contribution in [0.5, 0.6) is 0 Å². The molecule has 3 saturated carbocycles. The Labute approximate surface area is 168 Å². The first-order valence-electron chi connectivity index (χ1n) is 10.9. The van der Waals surface area contributed by atoms with Gasteiger partial charge in [0.15, 0.2) is 0 Å². The van der Waals surface area contributed by atoms with Gasteiger partial charge in [0.25, 0.3) is 0 Å². The van der Waals surface area contributed by atoms with E-state index >= 15 is 0 Å². The molecule has 0 spiro atoms. The largest absolute Gasteiger partial charge is 0.349 e. The van der Waals surface area contributed by atoms with Crippen LogP contribution in [0.15, 0.2) is 12.2 Å². The van der Waals surface area contributed by atoms with Crippen LogP contribution in [-0.4, -0.2) is 29.7 Å². The Morgan fingerprint density at radius 1 is 1.18 bits per heavy atom. The van der Waals surface area contributed by atoms with Gasteiger partial charge < -0.3 is 15.4 Å². The summed E-state index contributed by atoms with van der Waals surface area (Å²) >= 11 is 0. The average molecular weight is 387 g/mol. The second-order valence-corrected chi connectivity index (χ2v) is 10.7. The highest BCUT2D eigenvalue weighted by Crippen LogP contribution is 2.65. The van der Waals surface area contributed by atoms with Crippen LogP contribution >= 0.6 is 0 Å². The molecule has 7 unspecified atom stereocenters. The second kappa shape index (κ2) is 6.43. The average Bonchev–Trinajstić information content (AvgIpc) is 2.99. The van der Waals surface area contributed by atoms with Crippen LogP contribution in [0.2, 0.25) is 0 Å². The molecule has 5 heteroatoms. The number of hydrogen-bond acceptors (Lipinski definition) is 3. The van der Waals surface area contributed by atoms with Gasteiger partial charge in [0, 0.05) is 17.4 Å². The summed E-state index contributed by atoms with van der Waals surface area (Å²) in [5.74, 6) is 1.79. The molecule has 2 N–H and O–H groups in total. The Hall–Kier alpha value is -1.65. The molecule has 154 valence electrons. The summed E-state index contributed by atoms with van der Waals surface area (Å²) in [6.45, 7) is 8.15. The number of nitrogens with one attached hydrogen (secondary N) is 2. The van der Waals surface area contributed by atoms with Crippen LogP contribution in [-0.2, 0) is 14.4 Å². The molecule has 1 aliphatic heterocycles. The molecule has 0 aromatic rings. The van der Waals surface area contributed by atoms with Crippen molar-refractivity contribution in [3.63, 3.8) is 0 Å². The minimum Gasteiger partial charge on any atom is -0.349 e. The lowest BCUT2D eigenvalue weighted by atomic mass is 9.48. The van der Waals surface area contributed by atoms with Crippen molar-refractivity contribution in [3.05, 3.63) is 12.2 Å². The standard InChI is InChI=1S/C23H34N2O3/c1-21(2,13-26)25-20(28)17-7-6-15-14-5-8-18-23(4,12-10-19(27)24-18)16(14)9-11-22(15,17)3/h10,12-18H,5-9,11H2,1-4H3,(H,24,27)(H,25,28). The van der Waals surface area contributed by atoms with Gasteiger partial charge >= 0.3 is 0 Å². The maximum Gasteiger partial charge on any atom is 0.243 e. The zero-order valence-corrected chi connectivity index (χ0v) is 17.6. The number of fused-ring (bicyclic) bond motifs is 5. The van der Waals surface area contributed by atoms with E-state index in [-0.39, 0.29) is 34.6 Å². The van der Waals surface area contributed by atoms with E-state index in [1.54, 1.807) is 19.9 Å². The van der Waals surface area contributed by atoms with Crippen molar-refractivity contribution >= 4 is 18.1 Å². The van der Waals surface area contributed by atoms with E-state index in [0.29, 0.717) is 17.8 Å². The molecule has 3 fully saturated rings. The Morgan fingerprint density at radius 2 is 1.93 bits per heavy atom. The van der Waals surface area contributed by atoms with E-state index in [9.17, 15) is 14.4 Å². The van der Waals surface area contributed by atoms with Crippen LogP contribution in [0.4, 0.5) is 0 Å². The third-order valence-corrected chi connectivity index (χ3v) is 8.74. The van der Waals surface area contributed by atoms with Gasteiger partial charge in [0.2, 0.25) is 11.8 Å². The quantitative estimate of drug-likeness (QED) is 0.732. The fourth-order valence-electron chi connectivity index (χ4n) is 7.20. The van der Waals surface area contributed by atoms with Crippen molar-refractivity contribution in [2.75, 3.05) is 0 Å². The Bertz CT molecular complexity index is 729. The summed E-state index contributed by atoms with van der Waals surface area (Å²) in [5.41, 5.74) is -0.771. The van der Waals surface area contributed by atoms with Crippen molar-refractivity contribution in [1.82, 2.24) is 10.6 Å². The van der Waals surface area contributed by atoms with E-state index in [1.165, 1.54) is 0 Å². The van der Waals surface area contributed by atoms with Gasteiger partial charge in [0.05, 0.1) is 5.54 Å². The third kappa shape index (κ3) is 2.84. The van der Waals surface area contributed by atoms with Crippen LogP contribution in [0.3, 0.4) is 0 Å². The highest BCUT2D eigenvalue weighted by atomic mass is 16.2. The number of aldehydes is 1. The minimum atomic E-state index is -0.806. The summed E-state index contributed by atoms with van der Waals surface area (Å²) in [4.78, 5) is 36.2. The molecule has 3 aliphatic carbocycles. The first-order valence-corrected chi connectivity index (χ1v) is 10.9. The molecule has 1 heterocycles. The summed E-state index contributed by atoms with van der Waals surface area (Å²) in [6.07, 6.45) is 11.0. The predicted octanol–water partition coefficient (Wildman–Crippen LogP) is 2.99. The van der Waals surface area contributed by atoms with E-state index in [2.05, 4.69) is 30.6 Å². The van der Waals surface area contributed by atoms with Crippen molar-refractivity contribution in [3.8, 4) is 0 Å². The molecule has 5 nitrogen and oxygen atoms in total. The SMILES string of the molecule is CC(C)(C=O)NC(=O)C1CCC2C3CCC4NC(=O)C=CC4(C)C3CCC12C. The maximum absolute atomic E-state index is 13.0. The lowest BCUT2D eigenvalue weighted by molar-refractivity contribution is -0.136. The van der Waals surface area contributed by atoms with Gasteiger partial charge in [-0.3, -0.25) is 9.59 Å². The summed E-state index contributed by atoms with van der Waals surface area (Å²) < 4.78 is 0. The lowest BCUT2D eigenvalue weighted by Gasteiger charge is -2.58. The summed E-state index contributed by atoms with van der Waals surface area (Å²) in [6, 6.07) is 0.240. The first kappa shape index (κ1) is 19.7. The van der Waals surface area contributed by atoms with E-state index in [0.717, 1.165) is 44.8 Å². The fourth-order valence-corrected chi connectivity index (χ4v) is 7.20. The van der Waals surface area contributed by atoms with Crippen LogP contribution < -0.4 is 10.6 Å². The van der Waals surface area contributed by atoms with E-state index in [4.69, 9.17) is 0 Å². The third-order valence-electron chi connectivity index (χ3n) is 8.74. The number of carbonyl (C=O) groups excluding carboxylic acids is 3. The highest BCUT2D eigenvalue weighted by molar-refractivity contribution is 5.89. The molecule has 0 aromatic heterocycles. The number of hydrogen-bond donors (Lipinski definition) is 2. The van der Waals surface area contributed by atoms with Crippen molar-refractivity contribution in [2.45, 2.75) is 77.8 Å². The topological polar surface area (TPSA) is 75.3 Å². The van der Waals surface area contributed by atoms with Gasteiger partial charge in [-0.1, -0.05) is 19.9 Å². The summed E-state index contributed by atoms with van der Waals surface area (Å²) in [5, 5.41) is 6.17. The van der Waals surface area contributed by atoms with E-state index in [1.807, 2.05) is 0 Å². The fraction of sp³-hybridized carbons (Fsp3) is 0.783. The van der Waals surface area contributed by atoms with Gasteiger partial charge in [-0.25, -0.2) is 0 Å². The highest BCUT2D eigenvalue weighted by Gasteiger charge is 2.61. The lowest BCUT2D eigenvalue weighted by Crippen LogP contribution is -2.60. The van der Waals surface area contributed by atoms with Crippen molar-refractivity contribution in [2.24, 2.45) is 34.5 Å². The minimum absolute atomic E-state index is 0.00897. The Balaban J connectivity index is 1.57. The van der Waals surface area contributed by atoms with Crippen LogP contribution in [0.25, 0.3) is 0 Å². The zero-order chi connectivity index (χ0) is 20.3. The number of carbonyl (C=O) groups is 3. The molecule has 0 saturated heterocycles. The molecule has 7 atom stereocenters. The van der Waals surface area contributed by atoms with Gasteiger partial charge in [-0.15, -0.1) is 0 Å². The van der Waals surface area contributed by atoms with Gasteiger partial charge in [-0.2, -0.15) is 0 Å². The monoisotopic (exact) mass is 386 g/mol. The maximum atomic E-state index is 13.0. The van der Waals surface area contributed by atoms with Crippen molar-refractivity contribution < 1.29 is 14.4 Å². The molecule has 28 heavy (non-hydrogen) atoms. The van der Waals surface area contributed by atoms with Crippen molar-refractivity contribution in [1.29, 1.82) is 0 Å². The molecular weight excluding hydrogens is 352 g/mol.